The van der Waals surface area contributed by atoms with Gasteiger partial charge in [0.25, 0.3) is 0 Å². The average molecular weight is 298 g/mol. The van der Waals surface area contributed by atoms with Crippen molar-refractivity contribution < 1.29 is 9.90 Å². The molecule has 3 atom stereocenters. The summed E-state index contributed by atoms with van der Waals surface area (Å²) in [6.45, 7) is 9.63. The minimum Gasteiger partial charge on any atom is -0.481 e. The van der Waals surface area contributed by atoms with Crippen molar-refractivity contribution in [2.75, 3.05) is 33.7 Å². The first kappa shape index (κ1) is 18.4. The topological polar surface area (TPSA) is 43.8 Å². The van der Waals surface area contributed by atoms with Gasteiger partial charge in [-0.2, -0.15) is 0 Å². The summed E-state index contributed by atoms with van der Waals surface area (Å²) in [6.07, 6.45) is 4.14. The fourth-order valence-corrected chi connectivity index (χ4v) is 3.48. The third-order valence-electron chi connectivity index (χ3n) is 4.72. The zero-order valence-electron chi connectivity index (χ0n) is 14.5. The number of aliphatic carboxylic acids is 1. The highest BCUT2D eigenvalue weighted by Gasteiger charge is 2.37. The second-order valence-corrected chi connectivity index (χ2v) is 7.29. The summed E-state index contributed by atoms with van der Waals surface area (Å²) in [5, 5.41) is 9.59. The zero-order chi connectivity index (χ0) is 16.0. The summed E-state index contributed by atoms with van der Waals surface area (Å²) in [5.41, 5.74) is 0. The molecule has 1 rings (SSSR count). The van der Waals surface area contributed by atoms with Crippen LogP contribution >= 0.6 is 0 Å². The molecule has 0 spiro atoms. The molecule has 0 bridgehead atoms. The van der Waals surface area contributed by atoms with Gasteiger partial charge in [0, 0.05) is 25.7 Å². The summed E-state index contributed by atoms with van der Waals surface area (Å²) in [4.78, 5) is 16.3. The molecular weight excluding hydrogens is 264 g/mol. The van der Waals surface area contributed by atoms with Crippen LogP contribution in [0.2, 0.25) is 0 Å². The number of rotatable bonds is 8. The van der Waals surface area contributed by atoms with Crippen molar-refractivity contribution in [3.8, 4) is 0 Å². The molecule has 4 heteroatoms. The van der Waals surface area contributed by atoms with E-state index in [9.17, 15) is 9.90 Å². The first-order valence-electron chi connectivity index (χ1n) is 8.46. The second-order valence-electron chi connectivity index (χ2n) is 7.29. The molecule has 0 saturated heterocycles. The molecule has 0 aromatic carbocycles. The van der Waals surface area contributed by atoms with E-state index in [1.54, 1.807) is 0 Å². The highest BCUT2D eigenvalue weighted by molar-refractivity contribution is 5.71. The van der Waals surface area contributed by atoms with Crippen LogP contribution in [0.4, 0.5) is 0 Å². The van der Waals surface area contributed by atoms with Crippen molar-refractivity contribution >= 4 is 5.97 Å². The summed E-state index contributed by atoms with van der Waals surface area (Å²) in [7, 11) is 4.16. The lowest BCUT2D eigenvalue weighted by atomic mass is 9.76. The van der Waals surface area contributed by atoms with Crippen LogP contribution in [0.1, 0.15) is 46.5 Å². The Bertz CT molecular complexity index is 318. The molecule has 0 heterocycles. The van der Waals surface area contributed by atoms with Gasteiger partial charge in [-0.1, -0.05) is 27.2 Å². The van der Waals surface area contributed by atoms with Gasteiger partial charge < -0.3 is 10.0 Å². The van der Waals surface area contributed by atoms with Gasteiger partial charge in [0.1, 0.15) is 0 Å². The number of nitrogens with zero attached hydrogens (tertiary/aromatic N) is 2. The molecule has 1 N–H and O–H groups in total. The number of carboxylic acids is 1. The Labute approximate surface area is 130 Å². The van der Waals surface area contributed by atoms with Gasteiger partial charge >= 0.3 is 5.97 Å². The van der Waals surface area contributed by atoms with Crippen molar-refractivity contribution in [2.45, 2.75) is 52.5 Å². The third-order valence-corrected chi connectivity index (χ3v) is 4.72. The molecule has 4 nitrogen and oxygen atoms in total. The van der Waals surface area contributed by atoms with E-state index >= 15 is 0 Å². The van der Waals surface area contributed by atoms with E-state index in [1.165, 1.54) is 6.42 Å². The predicted molar refractivity (Wildman–Crippen MR) is 87.5 cm³/mol. The molecule has 0 amide bonds. The molecule has 124 valence electrons. The first-order chi connectivity index (χ1) is 9.85. The molecule has 0 radical (unpaired) electrons. The third kappa shape index (κ3) is 5.95. The van der Waals surface area contributed by atoms with Gasteiger partial charge in [-0.25, -0.2) is 0 Å². The number of hydrogen-bond donors (Lipinski definition) is 1. The Balaban J connectivity index is 2.83. The van der Waals surface area contributed by atoms with Crippen LogP contribution in [0.5, 0.6) is 0 Å². The summed E-state index contributed by atoms with van der Waals surface area (Å²) in [6, 6.07) is 0.212. The number of likely N-dealkylation sites (N-methyl/N-ethyl adjacent to an activating group) is 1. The SMILES string of the molecule is CCC1CCC(C(=O)O)C(N(CCN(C)C)CC(C)C)C1. The van der Waals surface area contributed by atoms with Crippen molar-refractivity contribution in [3.05, 3.63) is 0 Å². The van der Waals surface area contributed by atoms with Gasteiger partial charge in [-0.15, -0.1) is 0 Å². The molecule has 1 fully saturated rings. The molecule has 0 aromatic rings. The standard InChI is InChI=1S/C17H34N2O2/c1-6-14-7-8-15(17(20)21)16(11-14)19(12-13(2)3)10-9-18(4)5/h13-16H,6-12H2,1-5H3,(H,20,21). The van der Waals surface area contributed by atoms with Crippen LogP contribution in [0.3, 0.4) is 0 Å². The van der Waals surface area contributed by atoms with Crippen LogP contribution in [-0.4, -0.2) is 60.6 Å². The van der Waals surface area contributed by atoms with Gasteiger partial charge in [0.15, 0.2) is 0 Å². The Morgan fingerprint density at radius 3 is 2.38 bits per heavy atom. The Morgan fingerprint density at radius 2 is 1.90 bits per heavy atom. The van der Waals surface area contributed by atoms with Crippen LogP contribution in [0.25, 0.3) is 0 Å². The van der Waals surface area contributed by atoms with E-state index in [-0.39, 0.29) is 12.0 Å². The molecule has 21 heavy (non-hydrogen) atoms. The van der Waals surface area contributed by atoms with E-state index in [0.29, 0.717) is 11.8 Å². The van der Waals surface area contributed by atoms with E-state index in [0.717, 1.165) is 38.9 Å². The Morgan fingerprint density at radius 1 is 1.24 bits per heavy atom. The Hall–Kier alpha value is -0.610. The lowest BCUT2D eigenvalue weighted by molar-refractivity contribution is -0.146. The van der Waals surface area contributed by atoms with Crippen LogP contribution in [0.15, 0.2) is 0 Å². The lowest BCUT2D eigenvalue weighted by Gasteiger charge is -2.42. The molecule has 1 aliphatic rings. The van der Waals surface area contributed by atoms with Gasteiger partial charge in [0.05, 0.1) is 5.92 Å². The van der Waals surface area contributed by atoms with Gasteiger partial charge in [-0.3, -0.25) is 9.69 Å². The van der Waals surface area contributed by atoms with Crippen LogP contribution in [0, 0.1) is 17.8 Å². The van der Waals surface area contributed by atoms with Gasteiger partial charge in [-0.05, 0) is 45.2 Å². The highest BCUT2D eigenvalue weighted by Crippen LogP contribution is 2.34. The van der Waals surface area contributed by atoms with Gasteiger partial charge in [0.2, 0.25) is 0 Å². The maximum atomic E-state index is 11.7. The number of carboxylic acid groups (broad SMARTS) is 1. The summed E-state index contributed by atoms with van der Waals surface area (Å²) >= 11 is 0. The Kier molecular flexibility index (Phi) is 7.67. The average Bonchev–Trinajstić information content (AvgIpc) is 2.42. The second kappa shape index (κ2) is 8.74. The first-order valence-corrected chi connectivity index (χ1v) is 8.46. The number of hydrogen-bond acceptors (Lipinski definition) is 3. The van der Waals surface area contributed by atoms with Crippen molar-refractivity contribution in [3.63, 3.8) is 0 Å². The molecule has 3 unspecified atom stereocenters. The largest absolute Gasteiger partial charge is 0.481 e. The molecule has 0 aliphatic heterocycles. The molecule has 1 aliphatic carbocycles. The normalized spacial score (nSPS) is 26.8. The number of carbonyl (C=O) groups is 1. The minimum atomic E-state index is -0.604. The summed E-state index contributed by atoms with van der Waals surface area (Å²) < 4.78 is 0. The fraction of sp³-hybridized carbons (Fsp3) is 0.941. The monoisotopic (exact) mass is 298 g/mol. The summed E-state index contributed by atoms with van der Waals surface area (Å²) in [5.74, 6) is 0.477. The molecule has 0 aromatic heterocycles. The smallest absolute Gasteiger partial charge is 0.308 e. The van der Waals surface area contributed by atoms with E-state index in [2.05, 4.69) is 44.7 Å². The fourth-order valence-electron chi connectivity index (χ4n) is 3.48. The van der Waals surface area contributed by atoms with E-state index in [1.807, 2.05) is 0 Å². The van der Waals surface area contributed by atoms with Crippen molar-refractivity contribution in [1.29, 1.82) is 0 Å². The van der Waals surface area contributed by atoms with Crippen LogP contribution < -0.4 is 0 Å². The van der Waals surface area contributed by atoms with Crippen molar-refractivity contribution in [1.82, 2.24) is 9.80 Å². The molecular formula is C17H34N2O2. The maximum Gasteiger partial charge on any atom is 0.308 e. The van der Waals surface area contributed by atoms with Crippen molar-refractivity contribution in [2.24, 2.45) is 17.8 Å². The lowest BCUT2D eigenvalue weighted by Crippen LogP contribution is -2.50. The molecule has 1 saturated carbocycles. The zero-order valence-corrected chi connectivity index (χ0v) is 14.5. The highest BCUT2D eigenvalue weighted by atomic mass is 16.4. The maximum absolute atomic E-state index is 11.7. The minimum absolute atomic E-state index is 0.186. The van der Waals surface area contributed by atoms with E-state index < -0.39 is 5.97 Å². The van der Waals surface area contributed by atoms with E-state index in [4.69, 9.17) is 0 Å². The van der Waals surface area contributed by atoms with Crippen LogP contribution in [-0.2, 0) is 4.79 Å². The predicted octanol–water partition coefficient (Wildman–Crippen LogP) is 2.79. The quantitative estimate of drug-likeness (QED) is 0.748.